The molecule has 0 unspecified atom stereocenters. The number of rotatable bonds is 4. The highest BCUT2D eigenvalue weighted by Crippen LogP contribution is 2.15. The number of carbonyl (C=O) groups is 3. The van der Waals surface area contributed by atoms with Gasteiger partial charge in [-0.2, -0.15) is 0 Å². The first-order chi connectivity index (χ1) is 12.1. The van der Waals surface area contributed by atoms with Gasteiger partial charge in [0.1, 0.15) is 0 Å². The number of carbonyl (C=O) groups excluding carboxylic acids is 3. The van der Waals surface area contributed by atoms with Gasteiger partial charge in [-0.1, -0.05) is 30.3 Å². The van der Waals surface area contributed by atoms with Crippen molar-refractivity contribution in [3.8, 4) is 0 Å². The summed E-state index contributed by atoms with van der Waals surface area (Å²) in [6, 6.07) is 9.21. The van der Waals surface area contributed by atoms with Crippen molar-refractivity contribution in [1.82, 2.24) is 9.80 Å². The Morgan fingerprint density at radius 1 is 1.20 bits per heavy atom. The standard InChI is InChI=1S/C18H23N3O4/c1-2-25-18(24)20-10-8-19(9-11-20)15-12-16(22)21(17(15)23)13-14-6-4-3-5-7-14/h3-7,15H,2,8-13H2,1H3/p+1/t15-/m1/s1. The maximum Gasteiger partial charge on any atom is 0.410 e. The fourth-order valence-electron chi connectivity index (χ4n) is 3.47. The number of imide groups is 1. The average Bonchev–Trinajstić information content (AvgIpc) is 2.91. The van der Waals surface area contributed by atoms with Crippen molar-refractivity contribution in [3.05, 3.63) is 35.9 Å². The van der Waals surface area contributed by atoms with Gasteiger partial charge in [0.05, 0.1) is 45.8 Å². The molecule has 25 heavy (non-hydrogen) atoms. The average molecular weight is 346 g/mol. The first-order valence-corrected chi connectivity index (χ1v) is 8.74. The molecule has 1 aromatic rings. The van der Waals surface area contributed by atoms with Crippen LogP contribution >= 0.6 is 0 Å². The van der Waals surface area contributed by atoms with Crippen molar-refractivity contribution >= 4 is 17.9 Å². The number of ether oxygens (including phenoxy) is 1. The molecule has 1 atom stereocenters. The van der Waals surface area contributed by atoms with Gasteiger partial charge in [0, 0.05) is 0 Å². The molecule has 1 N–H and O–H groups in total. The van der Waals surface area contributed by atoms with Gasteiger partial charge in [0.15, 0.2) is 6.04 Å². The Hall–Kier alpha value is -2.41. The van der Waals surface area contributed by atoms with Crippen LogP contribution in [0.3, 0.4) is 0 Å². The van der Waals surface area contributed by atoms with E-state index in [2.05, 4.69) is 0 Å². The number of amides is 3. The van der Waals surface area contributed by atoms with Crippen LogP contribution in [-0.2, 0) is 20.9 Å². The van der Waals surface area contributed by atoms with Crippen molar-refractivity contribution in [2.45, 2.75) is 25.9 Å². The van der Waals surface area contributed by atoms with Crippen molar-refractivity contribution in [2.75, 3.05) is 32.8 Å². The first kappa shape index (κ1) is 17.4. The van der Waals surface area contributed by atoms with Gasteiger partial charge in [0.2, 0.25) is 5.91 Å². The summed E-state index contributed by atoms with van der Waals surface area (Å²) in [6.07, 6.45) is -0.0542. The maximum atomic E-state index is 12.7. The van der Waals surface area contributed by atoms with Crippen LogP contribution in [-0.4, -0.2) is 66.5 Å². The Kier molecular flexibility index (Phi) is 5.33. The minimum atomic E-state index is -0.333. The van der Waals surface area contributed by atoms with E-state index < -0.39 is 0 Å². The molecule has 1 aromatic carbocycles. The molecule has 0 aromatic heterocycles. The Balaban J connectivity index is 1.58. The second kappa shape index (κ2) is 7.65. The van der Waals surface area contributed by atoms with Gasteiger partial charge in [0.25, 0.3) is 5.91 Å². The third-order valence-electron chi connectivity index (χ3n) is 4.85. The van der Waals surface area contributed by atoms with Gasteiger partial charge >= 0.3 is 6.09 Å². The number of nitrogens with zero attached hydrogens (tertiary/aromatic N) is 2. The normalized spacial score (nSPS) is 21.7. The molecule has 0 radical (unpaired) electrons. The lowest BCUT2D eigenvalue weighted by molar-refractivity contribution is -0.918. The smallest absolute Gasteiger partial charge is 0.410 e. The van der Waals surface area contributed by atoms with E-state index in [9.17, 15) is 14.4 Å². The molecule has 0 aliphatic carbocycles. The fraction of sp³-hybridized carbons (Fsp3) is 0.500. The number of piperazine rings is 1. The van der Waals surface area contributed by atoms with Gasteiger partial charge in [-0.05, 0) is 12.5 Å². The van der Waals surface area contributed by atoms with Crippen LogP contribution in [0.4, 0.5) is 4.79 Å². The predicted octanol–water partition coefficient (Wildman–Crippen LogP) is -0.329. The number of hydrogen-bond acceptors (Lipinski definition) is 4. The molecule has 3 amide bonds. The van der Waals surface area contributed by atoms with E-state index >= 15 is 0 Å². The Bertz CT molecular complexity index is 641. The Labute approximate surface area is 147 Å². The third kappa shape index (κ3) is 3.82. The van der Waals surface area contributed by atoms with Gasteiger partial charge < -0.3 is 9.64 Å². The molecular formula is C18H24N3O4+. The zero-order valence-electron chi connectivity index (χ0n) is 14.4. The molecule has 134 valence electrons. The summed E-state index contributed by atoms with van der Waals surface area (Å²) < 4.78 is 5.01. The highest BCUT2D eigenvalue weighted by Gasteiger charge is 2.45. The molecule has 0 spiro atoms. The number of likely N-dealkylation sites (tertiary alicyclic amines) is 1. The van der Waals surface area contributed by atoms with Crippen LogP contribution in [0.2, 0.25) is 0 Å². The van der Waals surface area contributed by atoms with Gasteiger partial charge in [-0.3, -0.25) is 19.4 Å². The molecule has 2 fully saturated rings. The lowest BCUT2D eigenvalue weighted by Gasteiger charge is -2.33. The molecule has 2 heterocycles. The number of hydrogen-bond donors (Lipinski definition) is 1. The van der Waals surface area contributed by atoms with E-state index in [0.29, 0.717) is 39.3 Å². The topological polar surface area (TPSA) is 71.4 Å². The van der Waals surface area contributed by atoms with E-state index in [-0.39, 0.29) is 30.4 Å². The van der Waals surface area contributed by atoms with E-state index in [1.165, 1.54) is 4.90 Å². The van der Waals surface area contributed by atoms with Gasteiger partial charge in [-0.25, -0.2) is 4.79 Å². The van der Waals surface area contributed by atoms with Crippen molar-refractivity contribution < 1.29 is 24.0 Å². The van der Waals surface area contributed by atoms with Gasteiger partial charge in [-0.15, -0.1) is 0 Å². The second-order valence-electron chi connectivity index (χ2n) is 6.40. The summed E-state index contributed by atoms with van der Waals surface area (Å²) in [4.78, 5) is 40.9. The van der Waals surface area contributed by atoms with Crippen LogP contribution < -0.4 is 4.90 Å². The molecule has 2 aliphatic rings. The van der Waals surface area contributed by atoms with E-state index in [1.807, 2.05) is 30.3 Å². The maximum absolute atomic E-state index is 12.7. The molecular weight excluding hydrogens is 322 g/mol. The highest BCUT2D eigenvalue weighted by molar-refractivity contribution is 6.04. The molecule has 7 heteroatoms. The van der Waals surface area contributed by atoms with Crippen LogP contribution in [0.1, 0.15) is 18.9 Å². The minimum absolute atomic E-state index is 0.103. The molecule has 2 saturated heterocycles. The summed E-state index contributed by atoms with van der Waals surface area (Å²) in [5, 5.41) is 0. The summed E-state index contributed by atoms with van der Waals surface area (Å²) >= 11 is 0. The monoisotopic (exact) mass is 346 g/mol. The van der Waals surface area contributed by atoms with E-state index in [1.54, 1.807) is 11.8 Å². The molecule has 3 rings (SSSR count). The lowest BCUT2D eigenvalue weighted by Crippen LogP contribution is -3.19. The van der Waals surface area contributed by atoms with Crippen LogP contribution in [0.25, 0.3) is 0 Å². The minimum Gasteiger partial charge on any atom is -0.450 e. The van der Waals surface area contributed by atoms with Crippen LogP contribution in [0, 0.1) is 0 Å². The summed E-state index contributed by atoms with van der Waals surface area (Å²) in [7, 11) is 0. The van der Waals surface area contributed by atoms with Crippen LogP contribution in [0.15, 0.2) is 30.3 Å². The van der Waals surface area contributed by atoms with E-state index in [4.69, 9.17) is 4.74 Å². The number of benzene rings is 1. The zero-order chi connectivity index (χ0) is 17.8. The Morgan fingerprint density at radius 3 is 2.52 bits per heavy atom. The SMILES string of the molecule is CCOC(=O)N1CC[NH+]([C@@H]2CC(=O)N(Cc3ccccc3)C2=O)CC1. The molecule has 0 saturated carbocycles. The quantitative estimate of drug-likeness (QED) is 0.758. The Morgan fingerprint density at radius 2 is 1.88 bits per heavy atom. The second-order valence-corrected chi connectivity index (χ2v) is 6.40. The summed E-state index contributed by atoms with van der Waals surface area (Å²) in [6.45, 7) is 4.87. The van der Waals surface area contributed by atoms with Crippen molar-refractivity contribution in [2.24, 2.45) is 0 Å². The summed E-state index contributed by atoms with van der Waals surface area (Å²) in [5.74, 6) is -0.215. The molecule has 7 nitrogen and oxygen atoms in total. The largest absolute Gasteiger partial charge is 0.450 e. The first-order valence-electron chi connectivity index (χ1n) is 8.74. The number of nitrogens with one attached hydrogen (secondary N) is 1. The molecule has 2 aliphatic heterocycles. The van der Waals surface area contributed by atoms with E-state index in [0.717, 1.165) is 10.5 Å². The molecule has 0 bridgehead atoms. The van der Waals surface area contributed by atoms with Crippen molar-refractivity contribution in [3.63, 3.8) is 0 Å². The summed E-state index contributed by atoms with van der Waals surface area (Å²) in [5.41, 5.74) is 0.951. The lowest BCUT2D eigenvalue weighted by atomic mass is 10.2. The fourth-order valence-corrected chi connectivity index (χ4v) is 3.47. The highest BCUT2D eigenvalue weighted by atomic mass is 16.6. The predicted molar refractivity (Wildman–Crippen MR) is 89.7 cm³/mol. The number of quaternary nitrogens is 1. The van der Waals surface area contributed by atoms with Crippen LogP contribution in [0.5, 0.6) is 0 Å². The van der Waals surface area contributed by atoms with Crippen molar-refractivity contribution in [1.29, 1.82) is 0 Å². The third-order valence-corrected chi connectivity index (χ3v) is 4.85. The zero-order valence-corrected chi connectivity index (χ0v) is 14.4.